The number of aromatic nitrogens is 1. The van der Waals surface area contributed by atoms with Gasteiger partial charge in [-0.05, 0) is 20.0 Å². The zero-order valence-electron chi connectivity index (χ0n) is 10.6. The summed E-state index contributed by atoms with van der Waals surface area (Å²) in [5.41, 5.74) is 5.89. The van der Waals surface area contributed by atoms with E-state index >= 15 is 0 Å². The van der Waals surface area contributed by atoms with E-state index in [1.54, 1.807) is 5.38 Å². The van der Waals surface area contributed by atoms with E-state index in [1.165, 1.54) is 11.3 Å². The van der Waals surface area contributed by atoms with Crippen LogP contribution in [0.3, 0.4) is 0 Å². The molecule has 1 unspecified atom stereocenters. The van der Waals surface area contributed by atoms with Gasteiger partial charge in [-0.2, -0.15) is 0 Å². The molecule has 0 aliphatic carbocycles. The summed E-state index contributed by atoms with van der Waals surface area (Å²) in [6, 6.07) is 0.102. The Kier molecular flexibility index (Phi) is 5.37. The first-order valence-corrected chi connectivity index (χ1v) is 6.69. The van der Waals surface area contributed by atoms with Crippen LogP contribution in [0.2, 0.25) is 0 Å². The van der Waals surface area contributed by atoms with Gasteiger partial charge in [-0.25, -0.2) is 4.98 Å². The monoisotopic (exact) mass is 256 g/mol. The van der Waals surface area contributed by atoms with Gasteiger partial charge in [-0.3, -0.25) is 4.79 Å². The van der Waals surface area contributed by atoms with Crippen LogP contribution in [0, 0.1) is 0 Å². The highest BCUT2D eigenvalue weighted by molar-refractivity contribution is 7.13. The second-order valence-corrected chi connectivity index (χ2v) is 4.82. The van der Waals surface area contributed by atoms with E-state index in [1.807, 2.05) is 6.92 Å². The third-order valence-electron chi connectivity index (χ3n) is 2.56. The van der Waals surface area contributed by atoms with Crippen LogP contribution in [0.1, 0.15) is 31.3 Å². The maximum absolute atomic E-state index is 11.8. The van der Waals surface area contributed by atoms with Gasteiger partial charge >= 0.3 is 0 Å². The molecule has 0 saturated carbocycles. The molecule has 1 rings (SSSR count). The minimum atomic E-state index is -0.155. The molecule has 0 fully saturated rings. The summed E-state index contributed by atoms with van der Waals surface area (Å²) in [5, 5.41) is 5.01. The molecule has 3 N–H and O–H groups in total. The first-order chi connectivity index (χ1) is 8.06. The highest BCUT2D eigenvalue weighted by atomic mass is 32.1. The number of carbonyl (C=O) groups is 1. The number of amides is 1. The van der Waals surface area contributed by atoms with Crippen molar-refractivity contribution >= 4 is 22.4 Å². The molecule has 0 aromatic carbocycles. The third-order valence-corrected chi connectivity index (χ3v) is 3.23. The molecule has 0 aliphatic rings. The van der Waals surface area contributed by atoms with Crippen molar-refractivity contribution in [1.29, 1.82) is 0 Å². The number of nitrogens with zero attached hydrogens (tertiary/aromatic N) is 2. The van der Waals surface area contributed by atoms with Gasteiger partial charge in [-0.1, -0.05) is 13.8 Å². The predicted molar refractivity (Wildman–Crippen MR) is 71.2 cm³/mol. The van der Waals surface area contributed by atoms with E-state index in [9.17, 15) is 4.79 Å². The van der Waals surface area contributed by atoms with Crippen LogP contribution >= 0.6 is 11.3 Å². The molecule has 17 heavy (non-hydrogen) atoms. The van der Waals surface area contributed by atoms with Crippen LogP contribution < -0.4 is 11.1 Å². The van der Waals surface area contributed by atoms with Crippen LogP contribution in [-0.2, 0) is 0 Å². The molecule has 5 nitrogen and oxygen atoms in total. The topological polar surface area (TPSA) is 71.2 Å². The minimum absolute atomic E-state index is 0.102. The molecule has 1 aromatic rings. The normalized spacial score (nSPS) is 12.7. The molecule has 1 aromatic heterocycles. The van der Waals surface area contributed by atoms with E-state index in [0.717, 1.165) is 19.6 Å². The summed E-state index contributed by atoms with van der Waals surface area (Å²) < 4.78 is 0. The Morgan fingerprint density at radius 1 is 1.59 bits per heavy atom. The summed E-state index contributed by atoms with van der Waals surface area (Å²) in [7, 11) is 0. The molecular weight excluding hydrogens is 236 g/mol. The van der Waals surface area contributed by atoms with Crippen LogP contribution in [0.25, 0.3) is 0 Å². The predicted octanol–water partition coefficient (Wildman–Crippen LogP) is 1.19. The van der Waals surface area contributed by atoms with Crippen molar-refractivity contribution in [2.24, 2.45) is 0 Å². The van der Waals surface area contributed by atoms with E-state index in [0.29, 0.717) is 10.8 Å². The molecular formula is C11H20N4OS. The Morgan fingerprint density at radius 2 is 2.24 bits per heavy atom. The minimum Gasteiger partial charge on any atom is -0.375 e. The summed E-state index contributed by atoms with van der Waals surface area (Å²) in [6.07, 6.45) is 0. The lowest BCUT2D eigenvalue weighted by atomic mass is 10.3. The van der Waals surface area contributed by atoms with Crippen LogP contribution in [-0.4, -0.2) is 41.5 Å². The smallest absolute Gasteiger partial charge is 0.271 e. The average Bonchev–Trinajstić information content (AvgIpc) is 2.72. The Labute approximate surface area is 106 Å². The number of hydrogen-bond donors (Lipinski definition) is 2. The zero-order valence-corrected chi connectivity index (χ0v) is 11.4. The quantitative estimate of drug-likeness (QED) is 0.802. The Balaban J connectivity index is 2.45. The molecule has 0 radical (unpaired) electrons. The molecule has 1 heterocycles. The second-order valence-electron chi connectivity index (χ2n) is 3.93. The van der Waals surface area contributed by atoms with Crippen molar-refractivity contribution in [3.8, 4) is 0 Å². The molecule has 96 valence electrons. The number of nitrogens with one attached hydrogen (secondary N) is 1. The molecule has 1 amide bonds. The Hall–Kier alpha value is -1.14. The fraction of sp³-hybridized carbons (Fsp3) is 0.636. The fourth-order valence-corrected chi connectivity index (χ4v) is 2.15. The lowest BCUT2D eigenvalue weighted by Crippen LogP contribution is -2.42. The number of likely N-dealkylation sites (N-methyl/N-ethyl adjacent to an activating group) is 1. The van der Waals surface area contributed by atoms with Gasteiger partial charge in [0.1, 0.15) is 5.69 Å². The van der Waals surface area contributed by atoms with Crippen LogP contribution in [0.4, 0.5) is 5.13 Å². The number of thiazole rings is 1. The fourth-order valence-electron chi connectivity index (χ4n) is 1.60. The van der Waals surface area contributed by atoms with E-state index in [4.69, 9.17) is 5.73 Å². The number of nitrogen functional groups attached to an aromatic ring is 1. The molecule has 0 bridgehead atoms. The van der Waals surface area contributed by atoms with E-state index in [2.05, 4.69) is 29.0 Å². The largest absolute Gasteiger partial charge is 0.375 e. The van der Waals surface area contributed by atoms with Gasteiger partial charge in [-0.15, -0.1) is 11.3 Å². The molecule has 6 heteroatoms. The first-order valence-electron chi connectivity index (χ1n) is 5.81. The molecule has 0 saturated heterocycles. The standard InChI is InChI=1S/C11H20N4OS/c1-4-15(5-2)6-8(3)13-10(16)9-7-17-11(12)14-9/h7-8H,4-6H2,1-3H3,(H2,12,14)(H,13,16). The van der Waals surface area contributed by atoms with Gasteiger partial charge in [0.05, 0.1) is 0 Å². The second kappa shape index (κ2) is 6.56. The summed E-state index contributed by atoms with van der Waals surface area (Å²) in [6.45, 7) is 9.03. The summed E-state index contributed by atoms with van der Waals surface area (Å²) in [5.74, 6) is -0.155. The van der Waals surface area contributed by atoms with Crippen molar-refractivity contribution in [3.63, 3.8) is 0 Å². The molecule has 1 atom stereocenters. The molecule has 0 spiro atoms. The van der Waals surface area contributed by atoms with Gasteiger partial charge in [0.2, 0.25) is 0 Å². The van der Waals surface area contributed by atoms with Crippen LogP contribution in [0.15, 0.2) is 5.38 Å². The summed E-state index contributed by atoms with van der Waals surface area (Å²) in [4.78, 5) is 18.0. The van der Waals surface area contributed by atoms with Crippen molar-refractivity contribution in [1.82, 2.24) is 15.2 Å². The average molecular weight is 256 g/mol. The van der Waals surface area contributed by atoms with Gasteiger partial charge in [0.25, 0.3) is 5.91 Å². The van der Waals surface area contributed by atoms with Gasteiger partial charge < -0.3 is 16.0 Å². The van der Waals surface area contributed by atoms with Crippen molar-refractivity contribution < 1.29 is 4.79 Å². The SMILES string of the molecule is CCN(CC)CC(C)NC(=O)c1csc(N)n1. The van der Waals surface area contributed by atoms with Crippen molar-refractivity contribution in [3.05, 3.63) is 11.1 Å². The maximum atomic E-state index is 11.8. The van der Waals surface area contributed by atoms with Gasteiger partial charge in [0, 0.05) is 18.0 Å². The van der Waals surface area contributed by atoms with Crippen molar-refractivity contribution in [2.75, 3.05) is 25.4 Å². The Morgan fingerprint density at radius 3 is 2.71 bits per heavy atom. The van der Waals surface area contributed by atoms with E-state index < -0.39 is 0 Å². The van der Waals surface area contributed by atoms with Crippen LogP contribution in [0.5, 0.6) is 0 Å². The third kappa shape index (κ3) is 4.32. The van der Waals surface area contributed by atoms with E-state index in [-0.39, 0.29) is 11.9 Å². The number of nitrogens with two attached hydrogens (primary N) is 1. The maximum Gasteiger partial charge on any atom is 0.271 e. The highest BCUT2D eigenvalue weighted by Gasteiger charge is 2.14. The number of carbonyl (C=O) groups excluding carboxylic acids is 1. The number of hydrogen-bond acceptors (Lipinski definition) is 5. The highest BCUT2D eigenvalue weighted by Crippen LogP contribution is 2.10. The number of anilines is 1. The van der Waals surface area contributed by atoms with Gasteiger partial charge in [0.15, 0.2) is 5.13 Å². The lowest BCUT2D eigenvalue weighted by Gasteiger charge is -2.23. The zero-order chi connectivity index (χ0) is 12.8. The number of rotatable bonds is 6. The lowest BCUT2D eigenvalue weighted by molar-refractivity contribution is 0.0926. The Bertz CT molecular complexity index is 362. The van der Waals surface area contributed by atoms with Crippen molar-refractivity contribution in [2.45, 2.75) is 26.8 Å². The first kappa shape index (κ1) is 13.9. The molecule has 0 aliphatic heterocycles. The summed E-state index contributed by atoms with van der Waals surface area (Å²) >= 11 is 1.28.